The van der Waals surface area contributed by atoms with E-state index in [1.165, 1.54) is 0 Å². The number of rotatable bonds is 2. The van der Waals surface area contributed by atoms with Crippen molar-refractivity contribution in [1.29, 1.82) is 0 Å². The lowest BCUT2D eigenvalue weighted by Gasteiger charge is -2.06. The lowest BCUT2D eigenvalue weighted by molar-refractivity contribution is 0.1000. The van der Waals surface area contributed by atoms with Gasteiger partial charge in [0.1, 0.15) is 0 Å². The van der Waals surface area contributed by atoms with Crippen LogP contribution < -0.4 is 11.2 Å². The zero-order valence-corrected chi connectivity index (χ0v) is 8.55. The Hall–Kier alpha value is -2.36. The van der Waals surface area contributed by atoms with Gasteiger partial charge in [0, 0.05) is 18.0 Å². The minimum Gasteiger partial charge on any atom is -0.366 e. The molecule has 80 valence electrons. The van der Waals surface area contributed by atoms with Crippen molar-refractivity contribution in [3.05, 3.63) is 53.7 Å². The number of benzene rings is 1. The Morgan fingerprint density at radius 1 is 1.31 bits per heavy atom. The summed E-state index contributed by atoms with van der Waals surface area (Å²) < 4.78 is 0. The third kappa shape index (κ3) is 2.00. The summed E-state index contributed by atoms with van der Waals surface area (Å²) in [6.45, 7) is 0. The molecule has 2 rings (SSSR count). The van der Waals surface area contributed by atoms with E-state index in [0.29, 0.717) is 5.56 Å². The van der Waals surface area contributed by atoms with Crippen molar-refractivity contribution >= 4 is 17.7 Å². The molecule has 1 aromatic carbocycles. The second-order valence-corrected chi connectivity index (χ2v) is 3.27. The highest BCUT2D eigenvalue weighted by Crippen LogP contribution is 2.20. The van der Waals surface area contributed by atoms with Gasteiger partial charge in [0.05, 0.1) is 0 Å². The topological polar surface area (TPSA) is 67.5 Å². The number of hydrazone groups is 1. The average molecular weight is 213 g/mol. The monoisotopic (exact) mass is 213 g/mol. The number of hydrogen-bond acceptors (Lipinski definition) is 3. The van der Waals surface area contributed by atoms with Gasteiger partial charge in [0.25, 0.3) is 0 Å². The van der Waals surface area contributed by atoms with Crippen LogP contribution in [0.4, 0.5) is 0 Å². The highest BCUT2D eigenvalue weighted by atomic mass is 16.1. The summed E-state index contributed by atoms with van der Waals surface area (Å²) in [6, 6.07) is 7.22. The molecule has 1 amide bonds. The van der Waals surface area contributed by atoms with Crippen molar-refractivity contribution in [2.24, 2.45) is 10.8 Å². The van der Waals surface area contributed by atoms with E-state index in [-0.39, 0.29) is 0 Å². The maximum Gasteiger partial charge on any atom is 0.249 e. The number of nitrogens with two attached hydrogens (primary N) is 1. The lowest BCUT2D eigenvalue weighted by Crippen LogP contribution is -2.13. The van der Waals surface area contributed by atoms with Gasteiger partial charge in [-0.2, -0.15) is 5.10 Å². The third-order valence-electron chi connectivity index (χ3n) is 2.24. The first-order valence-corrected chi connectivity index (χ1v) is 4.83. The fourth-order valence-corrected chi connectivity index (χ4v) is 1.52. The minimum atomic E-state index is -0.431. The molecule has 1 aliphatic heterocycles. The molecule has 0 saturated carbocycles. The lowest BCUT2D eigenvalue weighted by atomic mass is 9.99. The van der Waals surface area contributed by atoms with Crippen LogP contribution in [0.3, 0.4) is 0 Å². The molecule has 1 aromatic rings. The molecule has 16 heavy (non-hydrogen) atoms. The SMILES string of the molecule is NC(=O)c1ccccc1C1=CC=NNC=C1. The number of nitrogens with zero attached hydrogens (tertiary/aromatic N) is 1. The summed E-state index contributed by atoms with van der Waals surface area (Å²) in [4.78, 5) is 11.3. The predicted octanol–water partition coefficient (Wildman–Crippen LogP) is 1.27. The molecule has 4 nitrogen and oxygen atoms in total. The Morgan fingerprint density at radius 3 is 2.94 bits per heavy atom. The number of amides is 1. The fourth-order valence-electron chi connectivity index (χ4n) is 1.52. The van der Waals surface area contributed by atoms with E-state index in [9.17, 15) is 4.79 Å². The van der Waals surface area contributed by atoms with Gasteiger partial charge in [-0.25, -0.2) is 0 Å². The van der Waals surface area contributed by atoms with Crippen molar-refractivity contribution in [3.8, 4) is 0 Å². The van der Waals surface area contributed by atoms with Gasteiger partial charge in [-0.3, -0.25) is 10.2 Å². The van der Waals surface area contributed by atoms with Crippen LogP contribution in [0, 0.1) is 0 Å². The number of primary amides is 1. The molecule has 0 spiro atoms. The predicted molar refractivity (Wildman–Crippen MR) is 63.7 cm³/mol. The normalized spacial score (nSPS) is 13.9. The van der Waals surface area contributed by atoms with Gasteiger partial charge in [-0.15, -0.1) is 0 Å². The van der Waals surface area contributed by atoms with E-state index in [4.69, 9.17) is 5.73 Å². The molecule has 0 fully saturated rings. The molecule has 0 aromatic heterocycles. The summed E-state index contributed by atoms with van der Waals surface area (Å²) in [5.41, 5.74) is 10.2. The first kappa shape index (κ1) is 10.2. The first-order chi connectivity index (χ1) is 7.79. The van der Waals surface area contributed by atoms with Crippen LogP contribution in [-0.2, 0) is 0 Å². The van der Waals surface area contributed by atoms with Crippen LogP contribution in [0.15, 0.2) is 47.7 Å². The van der Waals surface area contributed by atoms with E-state index >= 15 is 0 Å². The van der Waals surface area contributed by atoms with Crippen LogP contribution in [0.5, 0.6) is 0 Å². The highest BCUT2D eigenvalue weighted by Gasteiger charge is 2.09. The third-order valence-corrected chi connectivity index (χ3v) is 2.24. The Balaban J connectivity index is 2.51. The molecular formula is C12H11N3O. The van der Waals surface area contributed by atoms with Crippen LogP contribution >= 0.6 is 0 Å². The Labute approximate surface area is 93.2 Å². The van der Waals surface area contributed by atoms with Crippen molar-refractivity contribution in [3.63, 3.8) is 0 Å². The van der Waals surface area contributed by atoms with E-state index in [1.807, 2.05) is 24.3 Å². The number of nitrogens with one attached hydrogen (secondary N) is 1. The van der Waals surface area contributed by atoms with Gasteiger partial charge < -0.3 is 5.73 Å². The van der Waals surface area contributed by atoms with E-state index in [2.05, 4.69) is 10.5 Å². The largest absolute Gasteiger partial charge is 0.366 e. The van der Waals surface area contributed by atoms with Crippen molar-refractivity contribution in [2.75, 3.05) is 0 Å². The second-order valence-electron chi connectivity index (χ2n) is 3.27. The zero-order chi connectivity index (χ0) is 11.4. The van der Waals surface area contributed by atoms with E-state index < -0.39 is 5.91 Å². The Morgan fingerprint density at radius 2 is 2.12 bits per heavy atom. The highest BCUT2D eigenvalue weighted by molar-refractivity contribution is 6.01. The number of hydrogen-bond donors (Lipinski definition) is 2. The van der Waals surface area contributed by atoms with Gasteiger partial charge in [-0.05, 0) is 29.4 Å². The summed E-state index contributed by atoms with van der Waals surface area (Å²) in [5.74, 6) is -0.431. The standard InChI is InChI=1S/C12H11N3O/c13-12(16)11-4-2-1-3-10(11)9-5-7-14-15-8-6-9/h1-8,14H,(H2,13,16). The number of allylic oxidation sites excluding steroid dienone is 3. The zero-order valence-electron chi connectivity index (χ0n) is 8.55. The van der Waals surface area contributed by atoms with Gasteiger partial charge in [-0.1, -0.05) is 18.2 Å². The van der Waals surface area contributed by atoms with Crippen LogP contribution in [0.25, 0.3) is 5.57 Å². The smallest absolute Gasteiger partial charge is 0.249 e. The Kier molecular flexibility index (Phi) is 2.82. The summed E-state index contributed by atoms with van der Waals surface area (Å²) in [6.07, 6.45) is 6.99. The molecule has 1 heterocycles. The molecule has 0 bridgehead atoms. The van der Waals surface area contributed by atoms with Crippen molar-refractivity contribution in [1.82, 2.24) is 5.43 Å². The summed E-state index contributed by atoms with van der Waals surface area (Å²) in [5, 5.41) is 3.87. The minimum absolute atomic E-state index is 0.431. The van der Waals surface area contributed by atoms with Gasteiger partial charge in [0.2, 0.25) is 5.91 Å². The van der Waals surface area contributed by atoms with Crippen molar-refractivity contribution < 1.29 is 4.79 Å². The first-order valence-electron chi connectivity index (χ1n) is 4.83. The molecule has 1 aliphatic rings. The maximum absolute atomic E-state index is 11.3. The molecule has 3 N–H and O–H groups in total. The van der Waals surface area contributed by atoms with Crippen LogP contribution in [-0.4, -0.2) is 12.1 Å². The molecule has 0 unspecified atom stereocenters. The van der Waals surface area contributed by atoms with Crippen molar-refractivity contribution in [2.45, 2.75) is 0 Å². The van der Waals surface area contributed by atoms with Crippen LogP contribution in [0.2, 0.25) is 0 Å². The molecule has 0 radical (unpaired) electrons. The molecule has 0 saturated heterocycles. The quantitative estimate of drug-likeness (QED) is 0.776. The Bertz CT molecular complexity index is 501. The summed E-state index contributed by atoms with van der Waals surface area (Å²) >= 11 is 0. The second kappa shape index (κ2) is 4.44. The summed E-state index contributed by atoms with van der Waals surface area (Å²) in [7, 11) is 0. The van der Waals surface area contributed by atoms with E-state index in [0.717, 1.165) is 11.1 Å². The molecule has 4 heteroatoms. The van der Waals surface area contributed by atoms with Gasteiger partial charge >= 0.3 is 0 Å². The fraction of sp³-hybridized carbons (Fsp3) is 0. The average Bonchev–Trinajstić information content (AvgIpc) is 2.57. The molecule has 0 aliphatic carbocycles. The molecular weight excluding hydrogens is 202 g/mol. The number of carbonyl (C=O) groups excluding carboxylic acids is 1. The van der Waals surface area contributed by atoms with Crippen LogP contribution in [0.1, 0.15) is 15.9 Å². The van der Waals surface area contributed by atoms with Gasteiger partial charge in [0.15, 0.2) is 0 Å². The maximum atomic E-state index is 11.3. The van der Waals surface area contributed by atoms with E-state index in [1.54, 1.807) is 24.5 Å². The number of carbonyl (C=O) groups is 1. The molecule has 0 atom stereocenters.